The minimum atomic E-state index is -0.886. The molecule has 2 aliphatic heterocycles. The van der Waals surface area contributed by atoms with Gasteiger partial charge in [-0.1, -0.05) is 51.9 Å². The predicted molar refractivity (Wildman–Crippen MR) is 168 cm³/mol. The second kappa shape index (κ2) is 11.2. The molecule has 9 nitrogen and oxygen atoms in total. The number of carbonyl (C=O) groups excluding carboxylic acids is 1. The Morgan fingerprint density at radius 1 is 1.16 bits per heavy atom. The molecule has 2 aliphatic rings. The number of amides is 1. The molecule has 1 amide bonds. The van der Waals surface area contributed by atoms with Crippen LogP contribution in [-0.2, 0) is 11.2 Å². The fraction of sp³-hybridized carbons (Fsp3) is 0.364. The zero-order valence-corrected chi connectivity index (χ0v) is 26.4. The van der Waals surface area contributed by atoms with Gasteiger partial charge in [-0.2, -0.15) is 4.57 Å². The molecule has 0 aliphatic carbocycles. The Morgan fingerprint density at radius 2 is 1.82 bits per heavy atom. The van der Waals surface area contributed by atoms with E-state index in [1.807, 2.05) is 39.5 Å². The second-order valence-electron chi connectivity index (χ2n) is 12.3. The Labute approximate surface area is 264 Å². The number of fused-ring (bicyclic) bond motifs is 5. The fourth-order valence-corrected chi connectivity index (χ4v) is 7.03. The molecule has 1 N–H and O–H groups in total. The van der Waals surface area contributed by atoms with Crippen LogP contribution < -0.4 is 15.2 Å². The third kappa shape index (κ3) is 4.67. The molecule has 1 fully saturated rings. The zero-order chi connectivity index (χ0) is 32.5. The summed E-state index contributed by atoms with van der Waals surface area (Å²) in [4.78, 5) is 40.4. The van der Waals surface area contributed by atoms with Crippen molar-refractivity contribution in [3.63, 3.8) is 0 Å². The van der Waals surface area contributed by atoms with E-state index in [1.165, 1.54) is 35.2 Å². The third-order valence-corrected chi connectivity index (χ3v) is 9.07. The minimum absolute atomic E-state index is 0.160. The molecule has 0 spiro atoms. The normalized spacial score (nSPS) is 17.7. The van der Waals surface area contributed by atoms with E-state index in [2.05, 4.69) is 16.5 Å². The van der Waals surface area contributed by atoms with Crippen LogP contribution in [0.4, 0.5) is 14.6 Å². The van der Waals surface area contributed by atoms with Crippen LogP contribution in [0, 0.1) is 5.82 Å². The molecule has 6 rings (SSSR count). The van der Waals surface area contributed by atoms with Gasteiger partial charge in [-0.3, -0.25) is 4.79 Å². The molecular formula is C33H34ClF2N6O3+. The molecule has 1 saturated heterocycles. The number of aromatic nitrogens is 4. The highest BCUT2D eigenvalue weighted by atomic mass is 35.5. The standard InChI is InChI=1S/C33H33ClF2N6O3/c1-7-25(44)39-14-19-11-21-29(40(19)13-18(39)6)20-12-22(34)30(26-23(35)9-8-10-24(26)43)42(36)32(20)41(33(21)45)31-27(16(2)3)37-15-38-28(31)17(4)5/h7-10,12,15-19H,1,11,13-14H2,2-6H3/p+1. The number of phenolic OH excluding ortho intramolecular Hbond substituents is 1. The summed E-state index contributed by atoms with van der Waals surface area (Å²) in [6.45, 7) is 14.0. The first kappa shape index (κ1) is 30.6. The Kier molecular flexibility index (Phi) is 7.63. The molecule has 234 valence electrons. The maximum absolute atomic E-state index is 17.2. The van der Waals surface area contributed by atoms with Crippen molar-refractivity contribution in [2.45, 2.75) is 65.0 Å². The molecule has 0 saturated carbocycles. The lowest BCUT2D eigenvalue weighted by molar-refractivity contribution is -0.814. The first-order chi connectivity index (χ1) is 21.4. The molecule has 1 aromatic carbocycles. The topological polar surface area (TPSA) is 95.4 Å². The van der Waals surface area contributed by atoms with Crippen molar-refractivity contribution in [1.82, 2.24) is 19.4 Å². The lowest BCUT2D eigenvalue weighted by Crippen LogP contribution is -2.57. The summed E-state index contributed by atoms with van der Waals surface area (Å²) in [7, 11) is 0. The second-order valence-corrected chi connectivity index (χ2v) is 12.7. The number of pyridine rings is 2. The zero-order valence-electron chi connectivity index (χ0n) is 25.7. The van der Waals surface area contributed by atoms with Crippen molar-refractivity contribution in [3.05, 3.63) is 81.4 Å². The maximum atomic E-state index is 17.2. The molecule has 4 aromatic rings. The Bertz CT molecular complexity index is 1910. The molecule has 45 heavy (non-hydrogen) atoms. The summed E-state index contributed by atoms with van der Waals surface area (Å²) >= 11 is 6.74. The number of anilines is 1. The van der Waals surface area contributed by atoms with E-state index in [9.17, 15) is 14.7 Å². The fourth-order valence-electron chi connectivity index (χ4n) is 6.75. The molecular weight excluding hydrogens is 602 g/mol. The van der Waals surface area contributed by atoms with Crippen molar-refractivity contribution >= 4 is 34.2 Å². The van der Waals surface area contributed by atoms with Crippen LogP contribution in [0.25, 0.3) is 28.0 Å². The van der Waals surface area contributed by atoms with Crippen LogP contribution in [0.15, 0.2) is 48.0 Å². The summed E-state index contributed by atoms with van der Waals surface area (Å²) in [5, 5.41) is 10.8. The first-order valence-corrected chi connectivity index (χ1v) is 15.3. The Balaban J connectivity index is 1.77. The molecule has 5 heterocycles. The Hall–Kier alpha value is -4.38. The third-order valence-electron chi connectivity index (χ3n) is 8.78. The van der Waals surface area contributed by atoms with Gasteiger partial charge in [-0.15, -0.1) is 0 Å². The molecule has 3 aromatic heterocycles. The number of rotatable bonds is 5. The number of phenols is 1. The van der Waals surface area contributed by atoms with Gasteiger partial charge in [0, 0.05) is 30.0 Å². The van der Waals surface area contributed by atoms with E-state index in [1.54, 1.807) is 4.90 Å². The highest BCUT2D eigenvalue weighted by molar-refractivity contribution is 6.33. The minimum Gasteiger partial charge on any atom is -0.507 e. The maximum Gasteiger partial charge on any atom is 0.344 e. The monoisotopic (exact) mass is 635 g/mol. The molecule has 0 bridgehead atoms. The van der Waals surface area contributed by atoms with E-state index in [-0.39, 0.29) is 45.3 Å². The van der Waals surface area contributed by atoms with Crippen LogP contribution in [-0.4, -0.2) is 55.6 Å². The summed E-state index contributed by atoms with van der Waals surface area (Å²) < 4.78 is 33.7. The smallest absolute Gasteiger partial charge is 0.344 e. The summed E-state index contributed by atoms with van der Waals surface area (Å²) in [5.74, 6) is -1.94. The van der Waals surface area contributed by atoms with E-state index in [0.29, 0.717) is 53.2 Å². The summed E-state index contributed by atoms with van der Waals surface area (Å²) in [6, 6.07) is 4.68. The van der Waals surface area contributed by atoms with E-state index in [4.69, 9.17) is 11.6 Å². The van der Waals surface area contributed by atoms with Crippen LogP contribution in [0.2, 0.25) is 5.02 Å². The van der Waals surface area contributed by atoms with Gasteiger partial charge in [0.1, 0.15) is 23.5 Å². The molecule has 2 atom stereocenters. The number of piperazine rings is 1. The summed E-state index contributed by atoms with van der Waals surface area (Å²) in [5.41, 5.74) is 0.828. The largest absolute Gasteiger partial charge is 0.507 e. The van der Waals surface area contributed by atoms with Crippen molar-refractivity contribution in [2.24, 2.45) is 0 Å². The van der Waals surface area contributed by atoms with Gasteiger partial charge in [-0.05, 0) is 47.8 Å². The van der Waals surface area contributed by atoms with Crippen LogP contribution >= 0.6 is 11.6 Å². The highest BCUT2D eigenvalue weighted by Gasteiger charge is 2.45. The molecule has 2 unspecified atom stereocenters. The average Bonchev–Trinajstić information content (AvgIpc) is 3.36. The SMILES string of the molecule is C=CC(=O)N1CC2Cc3c(c4cc(Cl)c(-c5c(O)cccc5F)[n+](F)c4n(-c4c(C(C)C)ncnc4C(C)C)c3=O)N2CC1C. The Morgan fingerprint density at radius 3 is 2.42 bits per heavy atom. The van der Waals surface area contributed by atoms with Gasteiger partial charge in [0.2, 0.25) is 11.6 Å². The van der Waals surface area contributed by atoms with Gasteiger partial charge < -0.3 is 14.9 Å². The van der Waals surface area contributed by atoms with Crippen LogP contribution in [0.3, 0.4) is 0 Å². The van der Waals surface area contributed by atoms with Crippen molar-refractivity contribution in [2.75, 3.05) is 18.0 Å². The quantitative estimate of drug-likeness (QED) is 0.297. The van der Waals surface area contributed by atoms with Crippen molar-refractivity contribution in [1.29, 1.82) is 0 Å². The van der Waals surface area contributed by atoms with Crippen LogP contribution in [0.5, 0.6) is 5.75 Å². The van der Waals surface area contributed by atoms with Gasteiger partial charge >= 0.3 is 11.2 Å². The van der Waals surface area contributed by atoms with Gasteiger partial charge in [-0.25, -0.2) is 19.2 Å². The molecule has 0 radical (unpaired) electrons. The van der Waals surface area contributed by atoms with Gasteiger partial charge in [0.15, 0.2) is 5.69 Å². The van der Waals surface area contributed by atoms with Gasteiger partial charge in [0.05, 0.1) is 39.1 Å². The highest BCUT2D eigenvalue weighted by Crippen LogP contribution is 2.43. The van der Waals surface area contributed by atoms with E-state index in [0.717, 1.165) is 6.07 Å². The average molecular weight is 636 g/mol. The lowest BCUT2D eigenvalue weighted by atomic mass is 10.00. The van der Waals surface area contributed by atoms with Gasteiger partial charge in [0.25, 0.3) is 0 Å². The number of halogens is 3. The first-order valence-electron chi connectivity index (χ1n) is 14.9. The van der Waals surface area contributed by atoms with Crippen molar-refractivity contribution < 1.29 is 23.6 Å². The number of hydrogen-bond donors (Lipinski definition) is 1. The number of carbonyl (C=O) groups is 1. The van der Waals surface area contributed by atoms with E-state index < -0.39 is 28.4 Å². The van der Waals surface area contributed by atoms with E-state index >= 15 is 8.87 Å². The number of nitrogens with zero attached hydrogens (tertiary/aromatic N) is 6. The van der Waals surface area contributed by atoms with Crippen molar-refractivity contribution in [3.8, 4) is 22.7 Å². The number of benzene rings is 1. The predicted octanol–water partition coefficient (Wildman–Crippen LogP) is 5.36. The number of aromatic hydroxyl groups is 1. The number of hydrogen-bond acceptors (Lipinski definition) is 6. The lowest BCUT2D eigenvalue weighted by Gasteiger charge is -2.43. The van der Waals surface area contributed by atoms with Crippen LogP contribution in [0.1, 0.15) is 63.4 Å². The summed E-state index contributed by atoms with van der Waals surface area (Å²) in [6.07, 6.45) is 3.02. The molecule has 12 heteroatoms.